The number of hydrogen-bond donors (Lipinski definition) is 0. The fourth-order valence-corrected chi connectivity index (χ4v) is 1.90. The molecule has 0 aliphatic rings. The first-order chi connectivity index (χ1) is 9.60. The summed E-state index contributed by atoms with van der Waals surface area (Å²) in [6.45, 7) is 0.310. The molecule has 0 spiro atoms. The second kappa shape index (κ2) is 6.38. The highest BCUT2D eigenvalue weighted by atomic mass is 79.9. The van der Waals surface area contributed by atoms with Crippen molar-refractivity contribution < 1.29 is 14.4 Å². The minimum Gasteiger partial charge on any atom is -0.493 e. The molecule has 2 aromatic carbocycles. The molecule has 2 rings (SSSR count). The Labute approximate surface area is 124 Å². The van der Waals surface area contributed by atoms with Gasteiger partial charge in [0, 0.05) is 10.5 Å². The van der Waals surface area contributed by atoms with E-state index in [1.807, 2.05) is 24.3 Å². The lowest BCUT2D eigenvalue weighted by molar-refractivity contribution is -0.385. The van der Waals surface area contributed by atoms with Gasteiger partial charge in [0.25, 0.3) is 5.69 Å². The molecular formula is C14H12BrNO4. The zero-order chi connectivity index (χ0) is 14.5. The molecular weight excluding hydrogens is 326 g/mol. The van der Waals surface area contributed by atoms with E-state index < -0.39 is 4.92 Å². The second-order valence-corrected chi connectivity index (χ2v) is 4.92. The third-order valence-corrected chi connectivity index (χ3v) is 3.19. The molecule has 0 amide bonds. The Morgan fingerprint density at radius 2 is 1.85 bits per heavy atom. The maximum Gasteiger partial charge on any atom is 0.273 e. The van der Waals surface area contributed by atoms with Gasteiger partial charge in [-0.05, 0) is 23.8 Å². The molecule has 104 valence electrons. The maximum absolute atomic E-state index is 10.8. The topological polar surface area (TPSA) is 61.6 Å². The number of nitro groups is 1. The van der Waals surface area contributed by atoms with Crippen LogP contribution in [0.3, 0.4) is 0 Å². The van der Waals surface area contributed by atoms with E-state index in [1.165, 1.54) is 25.3 Å². The first-order valence-electron chi connectivity index (χ1n) is 5.80. The van der Waals surface area contributed by atoms with E-state index in [2.05, 4.69) is 15.9 Å². The Morgan fingerprint density at radius 1 is 1.15 bits per heavy atom. The van der Waals surface area contributed by atoms with Crippen LogP contribution in [0, 0.1) is 10.1 Å². The number of non-ortho nitro benzene ring substituents is 1. The largest absolute Gasteiger partial charge is 0.493 e. The summed E-state index contributed by atoms with van der Waals surface area (Å²) >= 11 is 3.35. The Hall–Kier alpha value is -2.08. The lowest BCUT2D eigenvalue weighted by Gasteiger charge is -2.10. The summed E-state index contributed by atoms with van der Waals surface area (Å²) in [7, 11) is 1.49. The van der Waals surface area contributed by atoms with Gasteiger partial charge in [-0.2, -0.15) is 0 Å². The van der Waals surface area contributed by atoms with Crippen LogP contribution >= 0.6 is 15.9 Å². The number of hydrogen-bond acceptors (Lipinski definition) is 4. The minimum absolute atomic E-state index is 0.0309. The van der Waals surface area contributed by atoms with Gasteiger partial charge in [0.1, 0.15) is 6.61 Å². The molecule has 0 N–H and O–H groups in total. The van der Waals surface area contributed by atoms with Crippen LogP contribution < -0.4 is 9.47 Å². The van der Waals surface area contributed by atoms with Crippen LogP contribution in [0.25, 0.3) is 0 Å². The molecule has 20 heavy (non-hydrogen) atoms. The van der Waals surface area contributed by atoms with E-state index in [0.717, 1.165) is 10.0 Å². The molecule has 0 aliphatic carbocycles. The lowest BCUT2D eigenvalue weighted by atomic mass is 10.2. The molecule has 6 heteroatoms. The van der Waals surface area contributed by atoms with E-state index >= 15 is 0 Å². The fraction of sp³-hybridized carbons (Fsp3) is 0.143. The summed E-state index contributed by atoms with van der Waals surface area (Å²) in [5.41, 5.74) is 0.929. The average Bonchev–Trinajstić information content (AvgIpc) is 2.46. The third-order valence-electron chi connectivity index (χ3n) is 2.67. The monoisotopic (exact) mass is 337 g/mol. The summed E-state index contributed by atoms with van der Waals surface area (Å²) in [6.07, 6.45) is 0. The van der Waals surface area contributed by atoms with Gasteiger partial charge in [0.05, 0.1) is 18.1 Å². The molecule has 0 radical (unpaired) electrons. The zero-order valence-electron chi connectivity index (χ0n) is 10.7. The number of nitro benzene ring substituents is 1. The third kappa shape index (κ3) is 3.48. The Balaban J connectivity index is 2.16. The quantitative estimate of drug-likeness (QED) is 0.612. The average molecular weight is 338 g/mol. The van der Waals surface area contributed by atoms with E-state index in [-0.39, 0.29) is 5.69 Å². The normalized spacial score (nSPS) is 10.1. The molecule has 0 atom stereocenters. The highest BCUT2D eigenvalue weighted by Crippen LogP contribution is 2.31. The zero-order valence-corrected chi connectivity index (χ0v) is 12.3. The van der Waals surface area contributed by atoms with Gasteiger partial charge in [-0.15, -0.1) is 0 Å². The van der Waals surface area contributed by atoms with E-state index in [1.54, 1.807) is 0 Å². The van der Waals surface area contributed by atoms with Gasteiger partial charge in [-0.25, -0.2) is 0 Å². The molecule has 0 aromatic heterocycles. The van der Waals surface area contributed by atoms with Gasteiger partial charge in [0.15, 0.2) is 11.5 Å². The first-order valence-corrected chi connectivity index (χ1v) is 6.59. The standard InChI is InChI=1S/C14H12BrNO4/c1-19-13-7-6-12(16(17)18)8-14(13)20-9-10-2-4-11(15)5-3-10/h2-8H,9H2,1H3. The molecule has 0 fully saturated rings. The SMILES string of the molecule is COc1ccc([N+](=O)[O-])cc1OCc1ccc(Br)cc1. The molecule has 0 unspecified atom stereocenters. The minimum atomic E-state index is -0.466. The van der Waals surface area contributed by atoms with Gasteiger partial charge < -0.3 is 9.47 Å². The van der Waals surface area contributed by atoms with E-state index in [4.69, 9.17) is 9.47 Å². The van der Waals surface area contributed by atoms with E-state index in [0.29, 0.717) is 18.1 Å². The molecule has 0 saturated heterocycles. The molecule has 0 bridgehead atoms. The van der Waals surface area contributed by atoms with Crippen molar-refractivity contribution in [2.24, 2.45) is 0 Å². The van der Waals surface area contributed by atoms with Crippen LogP contribution in [0.15, 0.2) is 46.9 Å². The summed E-state index contributed by atoms with van der Waals surface area (Å²) in [5.74, 6) is 0.817. The smallest absolute Gasteiger partial charge is 0.273 e. The first kappa shape index (κ1) is 14.3. The highest BCUT2D eigenvalue weighted by molar-refractivity contribution is 9.10. The lowest BCUT2D eigenvalue weighted by Crippen LogP contribution is -1.98. The predicted octanol–water partition coefficient (Wildman–Crippen LogP) is 3.94. The molecule has 0 saturated carbocycles. The Bertz CT molecular complexity index is 613. The Morgan fingerprint density at radius 3 is 2.45 bits per heavy atom. The van der Waals surface area contributed by atoms with Crippen LogP contribution in [0.2, 0.25) is 0 Å². The van der Waals surface area contributed by atoms with Crippen LogP contribution in [0.1, 0.15) is 5.56 Å². The van der Waals surface area contributed by atoms with Crippen molar-refractivity contribution in [2.75, 3.05) is 7.11 Å². The van der Waals surface area contributed by atoms with Gasteiger partial charge >= 0.3 is 0 Å². The number of benzene rings is 2. The van der Waals surface area contributed by atoms with Crippen LogP contribution in [0.5, 0.6) is 11.5 Å². The van der Waals surface area contributed by atoms with Crippen LogP contribution in [-0.4, -0.2) is 12.0 Å². The van der Waals surface area contributed by atoms with Crippen molar-refractivity contribution >= 4 is 21.6 Å². The fourth-order valence-electron chi connectivity index (χ4n) is 1.63. The van der Waals surface area contributed by atoms with Crippen molar-refractivity contribution in [1.82, 2.24) is 0 Å². The summed E-state index contributed by atoms with van der Waals surface area (Å²) in [4.78, 5) is 10.3. The van der Waals surface area contributed by atoms with Gasteiger partial charge in [-0.3, -0.25) is 10.1 Å². The molecule has 2 aromatic rings. The van der Waals surface area contributed by atoms with Crippen molar-refractivity contribution in [3.05, 3.63) is 62.6 Å². The summed E-state index contributed by atoms with van der Waals surface area (Å²) < 4.78 is 11.7. The second-order valence-electron chi connectivity index (χ2n) is 4.01. The van der Waals surface area contributed by atoms with Crippen molar-refractivity contribution in [2.45, 2.75) is 6.61 Å². The number of halogens is 1. The number of methoxy groups -OCH3 is 1. The van der Waals surface area contributed by atoms with E-state index in [9.17, 15) is 10.1 Å². The van der Waals surface area contributed by atoms with Crippen LogP contribution in [-0.2, 0) is 6.61 Å². The van der Waals surface area contributed by atoms with Crippen molar-refractivity contribution in [3.8, 4) is 11.5 Å². The van der Waals surface area contributed by atoms with Crippen molar-refractivity contribution in [3.63, 3.8) is 0 Å². The summed E-state index contributed by atoms with van der Waals surface area (Å²) in [6, 6.07) is 11.9. The number of nitrogens with zero attached hydrogens (tertiary/aromatic N) is 1. The molecule has 0 aliphatic heterocycles. The summed E-state index contributed by atoms with van der Waals surface area (Å²) in [5, 5.41) is 10.8. The highest BCUT2D eigenvalue weighted by Gasteiger charge is 2.12. The van der Waals surface area contributed by atoms with Gasteiger partial charge in [-0.1, -0.05) is 28.1 Å². The number of ether oxygens (including phenoxy) is 2. The maximum atomic E-state index is 10.8. The van der Waals surface area contributed by atoms with Crippen LogP contribution in [0.4, 0.5) is 5.69 Å². The van der Waals surface area contributed by atoms with Gasteiger partial charge in [0.2, 0.25) is 0 Å². The Kier molecular flexibility index (Phi) is 4.57. The van der Waals surface area contributed by atoms with Crippen molar-refractivity contribution in [1.29, 1.82) is 0 Å². The predicted molar refractivity (Wildman–Crippen MR) is 78.1 cm³/mol. The molecule has 0 heterocycles. The molecule has 5 nitrogen and oxygen atoms in total. The number of rotatable bonds is 5.